The number of aromatic nitrogens is 2. The van der Waals surface area contributed by atoms with Crippen molar-refractivity contribution in [2.75, 3.05) is 5.32 Å². The molecule has 0 aliphatic heterocycles. The van der Waals surface area contributed by atoms with Crippen molar-refractivity contribution < 1.29 is 18.9 Å². The minimum atomic E-state index is -0.551. The molecule has 0 bridgehead atoms. The molecule has 3 aromatic rings. The van der Waals surface area contributed by atoms with Crippen LogP contribution < -0.4 is 11.1 Å². The van der Waals surface area contributed by atoms with Crippen molar-refractivity contribution in [2.24, 2.45) is 5.73 Å². The zero-order chi connectivity index (χ0) is 21.3. The van der Waals surface area contributed by atoms with Gasteiger partial charge in [0.25, 0.3) is 11.8 Å². The Morgan fingerprint density at radius 3 is 2.83 bits per heavy atom. The Morgan fingerprint density at radius 2 is 2.10 bits per heavy atom. The first-order valence-corrected chi connectivity index (χ1v) is 10.2. The molecule has 3 aromatic heterocycles. The SMILES string of the molecule is NC(=O)c1c(NC(=O)c2ccc(Cn3cc([N+](=O)[O-])cn3)o2)sc2c1CCCCC2. The highest BCUT2D eigenvalue weighted by Crippen LogP contribution is 2.37. The van der Waals surface area contributed by atoms with Gasteiger partial charge >= 0.3 is 5.69 Å². The summed E-state index contributed by atoms with van der Waals surface area (Å²) in [6.45, 7) is 0.140. The van der Waals surface area contributed by atoms with Gasteiger partial charge in [-0.15, -0.1) is 11.3 Å². The van der Waals surface area contributed by atoms with Gasteiger partial charge in [0.15, 0.2) is 5.76 Å². The van der Waals surface area contributed by atoms with E-state index in [0.717, 1.165) is 48.7 Å². The van der Waals surface area contributed by atoms with Crippen LogP contribution in [0.4, 0.5) is 10.7 Å². The number of amides is 2. The number of nitrogens with one attached hydrogen (secondary N) is 1. The summed E-state index contributed by atoms with van der Waals surface area (Å²) in [5.41, 5.74) is 6.80. The fraction of sp³-hybridized carbons (Fsp3) is 0.316. The van der Waals surface area contributed by atoms with Crippen molar-refractivity contribution in [3.05, 3.63) is 62.2 Å². The lowest BCUT2D eigenvalue weighted by molar-refractivity contribution is -0.385. The topological polar surface area (TPSA) is 146 Å². The molecule has 0 aromatic carbocycles. The van der Waals surface area contributed by atoms with Crippen molar-refractivity contribution in [1.29, 1.82) is 0 Å². The summed E-state index contributed by atoms with van der Waals surface area (Å²) < 4.78 is 6.91. The van der Waals surface area contributed by atoms with E-state index in [1.54, 1.807) is 6.07 Å². The van der Waals surface area contributed by atoms with Crippen LogP contribution in [0.25, 0.3) is 0 Å². The molecule has 11 heteroatoms. The summed E-state index contributed by atoms with van der Waals surface area (Å²) in [5.74, 6) is -0.572. The summed E-state index contributed by atoms with van der Waals surface area (Å²) in [6.07, 6.45) is 7.22. The highest BCUT2D eigenvalue weighted by molar-refractivity contribution is 7.17. The molecule has 0 fully saturated rings. The molecule has 1 aliphatic rings. The maximum atomic E-state index is 12.7. The average Bonchev–Trinajstić information content (AvgIpc) is 3.38. The Kier molecular flexibility index (Phi) is 5.36. The zero-order valence-electron chi connectivity index (χ0n) is 15.9. The third-order valence-electron chi connectivity index (χ3n) is 4.93. The minimum absolute atomic E-state index is 0.0608. The minimum Gasteiger partial charge on any atom is -0.454 e. The Bertz CT molecular complexity index is 1130. The number of fused-ring (bicyclic) bond motifs is 1. The Hall–Kier alpha value is -3.47. The predicted molar refractivity (Wildman–Crippen MR) is 109 cm³/mol. The number of thiophene rings is 1. The first-order chi connectivity index (χ1) is 14.4. The number of hydrogen-bond acceptors (Lipinski definition) is 7. The van der Waals surface area contributed by atoms with Gasteiger partial charge in [0, 0.05) is 4.88 Å². The number of nitro groups is 1. The van der Waals surface area contributed by atoms with E-state index in [2.05, 4.69) is 10.4 Å². The van der Waals surface area contributed by atoms with E-state index in [0.29, 0.717) is 16.3 Å². The molecule has 1 aliphatic carbocycles. The number of nitrogens with zero attached hydrogens (tertiary/aromatic N) is 3. The van der Waals surface area contributed by atoms with E-state index >= 15 is 0 Å². The van der Waals surface area contributed by atoms with E-state index in [1.807, 2.05) is 0 Å². The van der Waals surface area contributed by atoms with Crippen LogP contribution in [0.1, 0.15) is 56.4 Å². The Morgan fingerprint density at radius 1 is 1.30 bits per heavy atom. The number of aryl methyl sites for hydroxylation is 1. The summed E-state index contributed by atoms with van der Waals surface area (Å²) in [5, 5.41) is 17.8. The highest BCUT2D eigenvalue weighted by Gasteiger charge is 2.25. The average molecular weight is 429 g/mol. The molecule has 3 heterocycles. The fourth-order valence-electron chi connectivity index (χ4n) is 3.53. The van der Waals surface area contributed by atoms with E-state index in [-0.39, 0.29) is 18.0 Å². The second-order valence-electron chi connectivity index (χ2n) is 7.01. The second-order valence-corrected chi connectivity index (χ2v) is 8.11. The van der Waals surface area contributed by atoms with Crippen molar-refractivity contribution in [3.63, 3.8) is 0 Å². The van der Waals surface area contributed by atoms with Gasteiger partial charge in [-0.3, -0.25) is 24.4 Å². The maximum Gasteiger partial charge on any atom is 0.307 e. The molecule has 4 rings (SSSR count). The van der Waals surface area contributed by atoms with E-state index in [4.69, 9.17) is 10.2 Å². The van der Waals surface area contributed by atoms with Gasteiger partial charge in [0.1, 0.15) is 23.2 Å². The molecule has 2 amide bonds. The lowest BCUT2D eigenvalue weighted by Gasteiger charge is -2.05. The Balaban J connectivity index is 1.51. The van der Waals surface area contributed by atoms with Gasteiger partial charge in [-0.1, -0.05) is 6.42 Å². The lowest BCUT2D eigenvalue weighted by Crippen LogP contribution is -2.17. The van der Waals surface area contributed by atoms with Gasteiger partial charge in [-0.2, -0.15) is 5.10 Å². The summed E-state index contributed by atoms with van der Waals surface area (Å²) >= 11 is 1.39. The number of carbonyl (C=O) groups is 2. The number of furan rings is 1. The standard InChI is InChI=1S/C19H19N5O5S/c20-17(25)16-13-4-2-1-3-5-15(13)30-19(16)22-18(26)14-7-6-12(29-14)10-23-9-11(8-21-23)24(27)28/h6-9H,1-5,10H2,(H2,20,25)(H,22,26). The van der Waals surface area contributed by atoms with Gasteiger partial charge in [-0.25, -0.2) is 0 Å². The van der Waals surface area contributed by atoms with Crippen LogP contribution in [-0.2, 0) is 19.4 Å². The molecular weight excluding hydrogens is 410 g/mol. The number of hydrogen-bond donors (Lipinski definition) is 2. The number of nitrogens with two attached hydrogens (primary N) is 1. The molecule has 3 N–H and O–H groups in total. The van der Waals surface area contributed by atoms with Gasteiger partial charge in [0.2, 0.25) is 0 Å². The van der Waals surface area contributed by atoms with E-state index in [9.17, 15) is 19.7 Å². The molecule has 30 heavy (non-hydrogen) atoms. The van der Waals surface area contributed by atoms with Crippen LogP contribution in [-0.4, -0.2) is 26.5 Å². The summed E-state index contributed by atoms with van der Waals surface area (Å²) in [6, 6.07) is 3.10. The molecule has 0 radical (unpaired) electrons. The first-order valence-electron chi connectivity index (χ1n) is 9.43. The maximum absolute atomic E-state index is 12.7. The molecule has 0 saturated carbocycles. The number of rotatable bonds is 6. The molecule has 0 atom stereocenters. The largest absolute Gasteiger partial charge is 0.454 e. The smallest absolute Gasteiger partial charge is 0.307 e. The van der Waals surface area contributed by atoms with E-state index in [1.165, 1.54) is 28.3 Å². The molecule has 0 unspecified atom stereocenters. The lowest BCUT2D eigenvalue weighted by atomic mass is 10.1. The number of carbonyl (C=O) groups excluding carboxylic acids is 2. The van der Waals surface area contributed by atoms with Crippen molar-refractivity contribution in [1.82, 2.24) is 9.78 Å². The second kappa shape index (κ2) is 8.11. The monoisotopic (exact) mass is 429 g/mol. The van der Waals surface area contributed by atoms with E-state index < -0.39 is 16.7 Å². The number of anilines is 1. The quantitative estimate of drug-likeness (QED) is 0.350. The van der Waals surface area contributed by atoms with Gasteiger partial charge in [0.05, 0.1) is 17.0 Å². The normalized spacial score (nSPS) is 13.5. The van der Waals surface area contributed by atoms with Gasteiger partial charge in [-0.05, 0) is 43.4 Å². The van der Waals surface area contributed by atoms with Crippen LogP contribution in [0.3, 0.4) is 0 Å². The van der Waals surface area contributed by atoms with Crippen LogP contribution in [0.5, 0.6) is 0 Å². The van der Waals surface area contributed by atoms with Crippen LogP contribution in [0.2, 0.25) is 0 Å². The van der Waals surface area contributed by atoms with Crippen LogP contribution in [0.15, 0.2) is 28.9 Å². The van der Waals surface area contributed by atoms with Gasteiger partial charge < -0.3 is 15.5 Å². The fourth-order valence-corrected chi connectivity index (χ4v) is 4.82. The molecule has 10 nitrogen and oxygen atoms in total. The zero-order valence-corrected chi connectivity index (χ0v) is 16.7. The van der Waals surface area contributed by atoms with Crippen molar-refractivity contribution in [2.45, 2.75) is 38.6 Å². The predicted octanol–water partition coefficient (Wildman–Crippen LogP) is 3.11. The first kappa shape index (κ1) is 19.8. The summed E-state index contributed by atoms with van der Waals surface area (Å²) in [4.78, 5) is 36.0. The van der Waals surface area contributed by atoms with Crippen molar-refractivity contribution in [3.8, 4) is 0 Å². The highest BCUT2D eigenvalue weighted by atomic mass is 32.1. The summed E-state index contributed by atoms with van der Waals surface area (Å²) in [7, 11) is 0. The molecule has 0 saturated heterocycles. The molecule has 156 valence electrons. The third kappa shape index (κ3) is 3.96. The van der Waals surface area contributed by atoms with Crippen LogP contribution >= 0.6 is 11.3 Å². The Labute approximate surface area is 174 Å². The van der Waals surface area contributed by atoms with Crippen molar-refractivity contribution >= 4 is 33.8 Å². The third-order valence-corrected chi connectivity index (χ3v) is 6.14. The molecule has 0 spiro atoms. The number of primary amides is 1. The molecular formula is C19H19N5O5S. The van der Waals surface area contributed by atoms with Crippen LogP contribution in [0, 0.1) is 10.1 Å².